The SMILES string of the molecule is O=S1(=O)NC2(CCN(Cc3ccccc3)CC2)Nc2ccccc21. The molecule has 1 spiro atoms. The normalized spacial score (nSPS) is 21.8. The lowest BCUT2D eigenvalue weighted by molar-refractivity contribution is 0.159. The van der Waals surface area contributed by atoms with Gasteiger partial charge in [0.25, 0.3) is 0 Å². The molecule has 5 nitrogen and oxygen atoms in total. The number of benzene rings is 2. The Balaban J connectivity index is 1.49. The molecule has 2 aliphatic heterocycles. The van der Waals surface area contributed by atoms with E-state index < -0.39 is 15.7 Å². The van der Waals surface area contributed by atoms with Crippen LogP contribution in [0, 0.1) is 0 Å². The second-order valence-electron chi connectivity index (χ2n) is 6.57. The molecule has 2 N–H and O–H groups in total. The Morgan fingerprint density at radius 2 is 1.62 bits per heavy atom. The summed E-state index contributed by atoms with van der Waals surface area (Å²) in [5.74, 6) is 0. The fraction of sp³-hybridized carbons (Fsp3) is 0.333. The number of nitrogens with one attached hydrogen (secondary N) is 2. The van der Waals surface area contributed by atoms with Gasteiger partial charge in [0.05, 0.1) is 5.69 Å². The van der Waals surface area contributed by atoms with Crippen molar-refractivity contribution in [3.63, 3.8) is 0 Å². The van der Waals surface area contributed by atoms with Crippen molar-refractivity contribution >= 4 is 15.7 Å². The summed E-state index contributed by atoms with van der Waals surface area (Å²) >= 11 is 0. The highest BCUT2D eigenvalue weighted by Crippen LogP contribution is 2.34. The van der Waals surface area contributed by atoms with Crippen molar-refractivity contribution in [1.82, 2.24) is 9.62 Å². The number of hydrogen-bond donors (Lipinski definition) is 2. The Morgan fingerprint density at radius 1 is 0.958 bits per heavy atom. The van der Waals surface area contributed by atoms with E-state index in [1.165, 1.54) is 5.56 Å². The number of anilines is 1. The molecule has 126 valence electrons. The maximum atomic E-state index is 12.6. The van der Waals surface area contributed by atoms with Crippen LogP contribution in [-0.4, -0.2) is 32.1 Å². The minimum atomic E-state index is -3.46. The van der Waals surface area contributed by atoms with Gasteiger partial charge in [0.15, 0.2) is 0 Å². The molecule has 0 unspecified atom stereocenters. The van der Waals surface area contributed by atoms with Crippen LogP contribution in [-0.2, 0) is 16.6 Å². The van der Waals surface area contributed by atoms with E-state index in [1.54, 1.807) is 12.1 Å². The first-order chi connectivity index (χ1) is 11.6. The maximum absolute atomic E-state index is 12.6. The summed E-state index contributed by atoms with van der Waals surface area (Å²) in [5, 5.41) is 3.44. The van der Waals surface area contributed by atoms with E-state index >= 15 is 0 Å². The Labute approximate surface area is 142 Å². The van der Waals surface area contributed by atoms with Crippen LogP contribution >= 0.6 is 0 Å². The van der Waals surface area contributed by atoms with Gasteiger partial charge in [-0.2, -0.15) is 4.72 Å². The second kappa shape index (κ2) is 5.88. The zero-order valence-corrected chi connectivity index (χ0v) is 14.2. The molecule has 6 heteroatoms. The van der Waals surface area contributed by atoms with Crippen LogP contribution in [0.25, 0.3) is 0 Å². The maximum Gasteiger partial charge on any atom is 0.244 e. The molecule has 0 saturated carbocycles. The van der Waals surface area contributed by atoms with Crippen LogP contribution in [0.2, 0.25) is 0 Å². The Hall–Kier alpha value is -1.89. The number of piperidine rings is 1. The molecular formula is C18H21N3O2S. The van der Waals surface area contributed by atoms with Crippen LogP contribution in [0.15, 0.2) is 59.5 Å². The summed E-state index contributed by atoms with van der Waals surface area (Å²) in [6.07, 6.45) is 1.49. The molecule has 2 aliphatic rings. The summed E-state index contributed by atoms with van der Waals surface area (Å²) in [5.41, 5.74) is 1.42. The van der Waals surface area contributed by atoms with Crippen LogP contribution < -0.4 is 10.0 Å². The predicted octanol–water partition coefficient (Wildman–Crippen LogP) is 2.38. The summed E-state index contributed by atoms with van der Waals surface area (Å²) in [4.78, 5) is 2.71. The highest BCUT2D eigenvalue weighted by molar-refractivity contribution is 7.89. The number of rotatable bonds is 2. The molecule has 0 aliphatic carbocycles. The topological polar surface area (TPSA) is 61.4 Å². The van der Waals surface area contributed by atoms with Crippen molar-refractivity contribution < 1.29 is 8.42 Å². The van der Waals surface area contributed by atoms with Gasteiger partial charge in [0, 0.05) is 19.6 Å². The van der Waals surface area contributed by atoms with Gasteiger partial charge in [-0.25, -0.2) is 8.42 Å². The first-order valence-electron chi connectivity index (χ1n) is 8.24. The van der Waals surface area contributed by atoms with Gasteiger partial charge >= 0.3 is 0 Å². The van der Waals surface area contributed by atoms with Crippen molar-refractivity contribution in [3.05, 3.63) is 60.2 Å². The molecule has 2 heterocycles. The molecule has 24 heavy (non-hydrogen) atoms. The number of likely N-dealkylation sites (tertiary alicyclic amines) is 1. The number of para-hydroxylation sites is 1. The lowest BCUT2D eigenvalue weighted by Crippen LogP contribution is -2.61. The van der Waals surface area contributed by atoms with Gasteiger partial charge in [-0.15, -0.1) is 0 Å². The number of nitrogens with zero attached hydrogens (tertiary/aromatic N) is 1. The summed E-state index contributed by atoms with van der Waals surface area (Å²) < 4.78 is 28.0. The third-order valence-corrected chi connectivity index (χ3v) is 6.43. The average Bonchev–Trinajstić information content (AvgIpc) is 2.58. The van der Waals surface area contributed by atoms with Crippen LogP contribution in [0.4, 0.5) is 5.69 Å². The monoisotopic (exact) mass is 343 g/mol. The van der Waals surface area contributed by atoms with Gasteiger partial charge in [0.1, 0.15) is 10.6 Å². The number of fused-ring (bicyclic) bond motifs is 1. The molecule has 0 amide bonds. The van der Waals surface area contributed by atoms with Gasteiger partial charge in [-0.05, 0) is 30.5 Å². The van der Waals surface area contributed by atoms with E-state index in [-0.39, 0.29) is 0 Å². The van der Waals surface area contributed by atoms with Crippen molar-refractivity contribution in [2.45, 2.75) is 29.9 Å². The molecule has 1 saturated heterocycles. The minimum Gasteiger partial charge on any atom is -0.365 e. The molecule has 2 aromatic carbocycles. The lowest BCUT2D eigenvalue weighted by atomic mass is 9.96. The van der Waals surface area contributed by atoms with E-state index in [1.807, 2.05) is 18.2 Å². The third kappa shape index (κ3) is 2.92. The van der Waals surface area contributed by atoms with Crippen LogP contribution in [0.1, 0.15) is 18.4 Å². The standard InChI is InChI=1S/C18H21N3O2S/c22-24(23)17-9-5-4-8-16(17)19-18(20-24)10-12-21(13-11-18)14-15-6-2-1-3-7-15/h1-9,19-20H,10-14H2. The molecule has 2 aromatic rings. The van der Waals surface area contributed by atoms with Gasteiger partial charge < -0.3 is 5.32 Å². The Bertz CT molecular complexity index is 828. The van der Waals surface area contributed by atoms with E-state index in [0.29, 0.717) is 10.6 Å². The van der Waals surface area contributed by atoms with Gasteiger partial charge in [0.2, 0.25) is 10.0 Å². The summed E-state index contributed by atoms with van der Waals surface area (Å²) in [6.45, 7) is 2.61. The molecule has 0 aromatic heterocycles. The van der Waals surface area contributed by atoms with Crippen LogP contribution in [0.5, 0.6) is 0 Å². The zero-order valence-electron chi connectivity index (χ0n) is 13.4. The van der Waals surface area contributed by atoms with E-state index in [4.69, 9.17) is 0 Å². The van der Waals surface area contributed by atoms with Crippen LogP contribution in [0.3, 0.4) is 0 Å². The number of sulfonamides is 1. The van der Waals surface area contributed by atoms with Gasteiger partial charge in [-0.3, -0.25) is 4.90 Å². The van der Waals surface area contributed by atoms with E-state index in [9.17, 15) is 8.42 Å². The molecular weight excluding hydrogens is 322 g/mol. The smallest absolute Gasteiger partial charge is 0.244 e. The van der Waals surface area contributed by atoms with Crippen molar-refractivity contribution in [2.75, 3.05) is 18.4 Å². The highest BCUT2D eigenvalue weighted by Gasteiger charge is 2.42. The first kappa shape index (κ1) is 15.6. The number of hydrogen-bond acceptors (Lipinski definition) is 4. The van der Waals surface area contributed by atoms with Crippen molar-refractivity contribution in [3.8, 4) is 0 Å². The summed E-state index contributed by atoms with van der Waals surface area (Å²) in [7, 11) is -3.46. The summed E-state index contributed by atoms with van der Waals surface area (Å²) in [6, 6.07) is 17.5. The van der Waals surface area contributed by atoms with E-state index in [0.717, 1.165) is 32.5 Å². The quantitative estimate of drug-likeness (QED) is 0.879. The van der Waals surface area contributed by atoms with Gasteiger partial charge in [-0.1, -0.05) is 42.5 Å². The van der Waals surface area contributed by atoms with Crippen molar-refractivity contribution in [1.29, 1.82) is 0 Å². The molecule has 0 bridgehead atoms. The fourth-order valence-corrected chi connectivity index (χ4v) is 5.11. The second-order valence-corrected chi connectivity index (χ2v) is 8.22. The van der Waals surface area contributed by atoms with E-state index in [2.05, 4.69) is 39.2 Å². The predicted molar refractivity (Wildman–Crippen MR) is 94.1 cm³/mol. The largest absolute Gasteiger partial charge is 0.365 e. The molecule has 0 atom stereocenters. The Morgan fingerprint density at radius 3 is 2.38 bits per heavy atom. The molecule has 1 fully saturated rings. The molecule has 0 radical (unpaired) electrons. The zero-order chi connectivity index (χ0) is 16.6. The third-order valence-electron chi connectivity index (χ3n) is 4.84. The van der Waals surface area contributed by atoms with Crippen molar-refractivity contribution in [2.24, 2.45) is 0 Å². The lowest BCUT2D eigenvalue weighted by Gasteiger charge is -2.45. The highest BCUT2D eigenvalue weighted by atomic mass is 32.2. The first-order valence-corrected chi connectivity index (χ1v) is 9.72. The molecule has 4 rings (SSSR count). The Kier molecular flexibility index (Phi) is 3.83. The minimum absolute atomic E-state index is 0.336. The average molecular weight is 343 g/mol. The fourth-order valence-electron chi connectivity index (χ4n) is 3.56.